The molecule has 0 saturated carbocycles. The minimum absolute atomic E-state index is 0. The number of ether oxygens (including phenoxy) is 1. The van der Waals surface area contributed by atoms with Gasteiger partial charge in [-0.15, -0.1) is 0 Å². The Balaban J connectivity index is -0.000000320. The summed E-state index contributed by atoms with van der Waals surface area (Å²) in [5.74, 6) is 0. The highest BCUT2D eigenvalue weighted by Crippen LogP contribution is 1.95. The van der Waals surface area contributed by atoms with Crippen molar-refractivity contribution in [2.75, 3.05) is 13.7 Å². The van der Waals surface area contributed by atoms with Gasteiger partial charge in [0.15, 0.2) is 0 Å². The van der Waals surface area contributed by atoms with Crippen molar-refractivity contribution >= 4 is 0 Å². The van der Waals surface area contributed by atoms with E-state index in [1.807, 2.05) is 6.92 Å². The lowest BCUT2D eigenvalue weighted by Gasteiger charge is -2.07. The third-order valence-electron chi connectivity index (χ3n) is 1.14. The van der Waals surface area contributed by atoms with E-state index in [0.29, 0.717) is 6.54 Å². The van der Waals surface area contributed by atoms with Gasteiger partial charge < -0.3 is 4.74 Å². The van der Waals surface area contributed by atoms with Crippen molar-refractivity contribution in [3.05, 3.63) is 10.4 Å². The van der Waals surface area contributed by atoms with Gasteiger partial charge in [-0.25, -0.2) is 0 Å². The lowest BCUT2D eigenvalue weighted by molar-refractivity contribution is 0.106. The first-order chi connectivity index (χ1) is 4.35. The Morgan fingerprint density at radius 1 is 1.55 bits per heavy atom. The second-order valence-corrected chi connectivity index (χ2v) is 1.68. The maximum absolute atomic E-state index is 7.91. The molecule has 0 aliphatic rings. The normalized spacial score (nSPS) is 10.0. The molecule has 11 heavy (non-hydrogen) atoms. The molecule has 0 fully saturated rings. The van der Waals surface area contributed by atoms with Crippen LogP contribution in [0.3, 0.4) is 0 Å². The first-order valence-electron chi connectivity index (χ1n) is 2.88. The Bertz CT molecular complexity index is 106. The van der Waals surface area contributed by atoms with Crippen LogP contribution in [0.4, 0.5) is 0 Å². The van der Waals surface area contributed by atoms with Gasteiger partial charge in [0.05, 0.1) is 12.6 Å². The molecule has 68 valence electrons. The molecule has 0 aliphatic carbocycles. The van der Waals surface area contributed by atoms with Gasteiger partial charge in [0, 0.05) is 12.0 Å². The zero-order chi connectivity index (χ0) is 7.11. The van der Waals surface area contributed by atoms with Crippen LogP contribution < -0.4 is 0 Å². The summed E-state index contributed by atoms with van der Waals surface area (Å²) in [5, 5.41) is 3.37. The largest absolute Gasteiger partial charge is 0.381 e. The Kier molecular flexibility index (Phi) is 18.2. The van der Waals surface area contributed by atoms with Crippen LogP contribution in [-0.2, 0) is 4.74 Å². The van der Waals surface area contributed by atoms with Gasteiger partial charge >= 0.3 is 0 Å². The third kappa shape index (κ3) is 9.27. The van der Waals surface area contributed by atoms with Crippen molar-refractivity contribution in [1.29, 1.82) is 0 Å². The van der Waals surface area contributed by atoms with Gasteiger partial charge in [0.1, 0.15) is 0 Å². The molecule has 0 rings (SSSR count). The van der Waals surface area contributed by atoms with E-state index >= 15 is 0 Å². The monoisotopic (exact) mass is 161 g/mol. The van der Waals surface area contributed by atoms with E-state index in [4.69, 9.17) is 10.3 Å². The summed E-state index contributed by atoms with van der Waals surface area (Å²) < 4.78 is 4.94. The predicted octanol–water partition coefficient (Wildman–Crippen LogP) is 2.99. The van der Waals surface area contributed by atoms with Crippen LogP contribution >= 0.6 is 0 Å². The van der Waals surface area contributed by atoms with Crippen molar-refractivity contribution < 1.29 is 4.74 Å². The number of rotatable bonds is 4. The number of azide groups is 1. The molecular formula is C7H19N3O. The quantitative estimate of drug-likeness (QED) is 0.355. The lowest BCUT2D eigenvalue weighted by atomic mass is 10.3. The maximum atomic E-state index is 7.91. The summed E-state index contributed by atoms with van der Waals surface area (Å²) in [6.07, 6.45) is 0.969. The molecule has 1 unspecified atom stereocenters. The van der Waals surface area contributed by atoms with Crippen molar-refractivity contribution in [2.24, 2.45) is 5.11 Å². The minimum atomic E-state index is 0. The Morgan fingerprint density at radius 2 is 2.09 bits per heavy atom. The van der Waals surface area contributed by atoms with Crippen LogP contribution in [-0.4, -0.2) is 19.8 Å². The smallest absolute Gasteiger partial charge is 0.0625 e. The molecule has 0 radical (unpaired) electrons. The summed E-state index contributed by atoms with van der Waals surface area (Å²) in [5.41, 5.74) is 7.91. The summed E-state index contributed by atoms with van der Waals surface area (Å²) in [6, 6.07) is 0. The summed E-state index contributed by atoms with van der Waals surface area (Å²) in [6.45, 7) is 2.42. The van der Waals surface area contributed by atoms with Gasteiger partial charge in [0.2, 0.25) is 0 Å². The molecule has 0 N–H and O–H groups in total. The van der Waals surface area contributed by atoms with Crippen LogP contribution in [0.15, 0.2) is 5.11 Å². The van der Waals surface area contributed by atoms with Crippen LogP contribution in [0, 0.1) is 0 Å². The average Bonchev–Trinajstić information content (AvgIpc) is 1.91. The van der Waals surface area contributed by atoms with Crippen LogP contribution in [0.5, 0.6) is 0 Å². The molecule has 4 nitrogen and oxygen atoms in total. The number of nitrogens with zero attached hydrogens (tertiary/aromatic N) is 3. The third-order valence-corrected chi connectivity index (χ3v) is 1.14. The predicted molar refractivity (Wildman–Crippen MR) is 48.6 cm³/mol. The topological polar surface area (TPSA) is 58.0 Å². The molecule has 0 saturated heterocycles. The van der Waals surface area contributed by atoms with Crippen LogP contribution in [0.1, 0.15) is 28.2 Å². The fourth-order valence-electron chi connectivity index (χ4n) is 0.498. The summed E-state index contributed by atoms with van der Waals surface area (Å²) in [7, 11) is 1.61. The molecule has 0 amide bonds. The number of methoxy groups -OCH3 is 1. The minimum Gasteiger partial charge on any atom is -0.381 e. The first kappa shape index (κ1) is 16.7. The Labute approximate surface area is 69.2 Å². The zero-order valence-electron chi connectivity index (χ0n) is 5.74. The zero-order valence-corrected chi connectivity index (χ0v) is 5.74. The second kappa shape index (κ2) is 12.0. The van der Waals surface area contributed by atoms with Crippen molar-refractivity contribution in [1.82, 2.24) is 0 Å². The van der Waals surface area contributed by atoms with E-state index in [9.17, 15) is 0 Å². The van der Waals surface area contributed by atoms with E-state index in [2.05, 4.69) is 10.0 Å². The summed E-state index contributed by atoms with van der Waals surface area (Å²) in [4.78, 5) is 2.62. The maximum Gasteiger partial charge on any atom is 0.0625 e. The standard InChI is InChI=1S/C5H11N3O.2CH4/c1-3-5(9-2)4-7-8-6;;/h5H,3-4H2,1-2H3;2*1H4. The van der Waals surface area contributed by atoms with Crippen molar-refractivity contribution in [2.45, 2.75) is 34.3 Å². The molecule has 0 aromatic heterocycles. The Morgan fingerprint density at radius 3 is 2.36 bits per heavy atom. The first-order valence-corrected chi connectivity index (χ1v) is 2.88. The molecule has 0 aliphatic heterocycles. The van der Waals surface area contributed by atoms with E-state index in [-0.39, 0.29) is 21.0 Å². The molecule has 0 bridgehead atoms. The molecule has 1 atom stereocenters. The van der Waals surface area contributed by atoms with Crippen LogP contribution in [0.25, 0.3) is 10.4 Å². The van der Waals surface area contributed by atoms with E-state index in [1.54, 1.807) is 7.11 Å². The molecule has 0 aromatic rings. The number of hydrogen-bond donors (Lipinski definition) is 0. The fourth-order valence-corrected chi connectivity index (χ4v) is 0.498. The molecule has 4 heteroatoms. The highest BCUT2D eigenvalue weighted by molar-refractivity contribution is 4.57. The van der Waals surface area contributed by atoms with Crippen molar-refractivity contribution in [3.63, 3.8) is 0 Å². The van der Waals surface area contributed by atoms with Gasteiger partial charge in [-0.2, -0.15) is 0 Å². The van der Waals surface area contributed by atoms with Gasteiger partial charge in [-0.1, -0.05) is 26.9 Å². The second-order valence-electron chi connectivity index (χ2n) is 1.68. The Hall–Kier alpha value is -0.730. The van der Waals surface area contributed by atoms with Gasteiger partial charge in [0.25, 0.3) is 0 Å². The van der Waals surface area contributed by atoms with Gasteiger partial charge in [-0.05, 0) is 12.0 Å². The highest BCUT2D eigenvalue weighted by atomic mass is 16.5. The molecule has 0 heterocycles. The van der Waals surface area contributed by atoms with Crippen LogP contribution in [0.2, 0.25) is 0 Å². The molecule has 0 spiro atoms. The van der Waals surface area contributed by atoms with E-state index in [1.165, 1.54) is 0 Å². The molecule has 0 aromatic carbocycles. The van der Waals surface area contributed by atoms with E-state index in [0.717, 1.165) is 6.42 Å². The SMILES string of the molecule is C.C.CCC(CN=[N+]=[N-])OC. The summed E-state index contributed by atoms with van der Waals surface area (Å²) >= 11 is 0. The van der Waals surface area contributed by atoms with E-state index < -0.39 is 0 Å². The lowest BCUT2D eigenvalue weighted by Crippen LogP contribution is -2.11. The fraction of sp³-hybridized carbons (Fsp3) is 1.00. The van der Waals surface area contributed by atoms with Gasteiger partial charge in [-0.3, -0.25) is 0 Å². The average molecular weight is 161 g/mol. The van der Waals surface area contributed by atoms with Crippen molar-refractivity contribution in [3.8, 4) is 0 Å². The molecular weight excluding hydrogens is 142 g/mol. The highest BCUT2D eigenvalue weighted by Gasteiger charge is 1.99. The number of hydrogen-bond acceptors (Lipinski definition) is 2.